The van der Waals surface area contributed by atoms with Crippen molar-refractivity contribution in [3.63, 3.8) is 0 Å². The molecule has 0 amide bonds. The van der Waals surface area contributed by atoms with Crippen LogP contribution in [0, 0.1) is 10.1 Å². The minimum atomic E-state index is -0.431. The van der Waals surface area contributed by atoms with E-state index >= 15 is 0 Å². The summed E-state index contributed by atoms with van der Waals surface area (Å²) >= 11 is 1.40. The Balaban J connectivity index is 2.01. The van der Waals surface area contributed by atoms with Gasteiger partial charge in [0.25, 0.3) is 5.69 Å². The number of nitrogens with zero attached hydrogens (tertiary/aromatic N) is 5. The van der Waals surface area contributed by atoms with E-state index in [4.69, 9.17) is 0 Å². The second kappa shape index (κ2) is 10.5. The zero-order valence-corrected chi connectivity index (χ0v) is 18.8. The Morgan fingerprint density at radius 1 is 1.22 bits per heavy atom. The highest BCUT2D eigenvalue weighted by Gasteiger charge is 2.11. The molecule has 0 fully saturated rings. The molecule has 0 atom stereocenters. The van der Waals surface area contributed by atoms with Crippen LogP contribution in [0.2, 0.25) is 0 Å². The van der Waals surface area contributed by atoms with E-state index in [2.05, 4.69) is 35.4 Å². The summed E-state index contributed by atoms with van der Waals surface area (Å²) in [7, 11) is 0. The first-order valence-corrected chi connectivity index (χ1v) is 11.1. The molecule has 0 saturated heterocycles. The molecule has 32 heavy (non-hydrogen) atoms. The molecule has 1 N–H and O–H groups in total. The third-order valence-corrected chi connectivity index (χ3v) is 5.72. The summed E-state index contributed by atoms with van der Waals surface area (Å²) in [6, 6.07) is 11.8. The molecule has 0 aliphatic carbocycles. The molecule has 166 valence electrons. The number of nitro benzene ring substituents is 1. The highest BCUT2D eigenvalue weighted by molar-refractivity contribution is 7.07. The number of nitro groups is 1. The van der Waals surface area contributed by atoms with Gasteiger partial charge in [-0.3, -0.25) is 15.1 Å². The Labute approximate surface area is 190 Å². The molecule has 1 heterocycles. The molecule has 0 spiro atoms. The fraction of sp³-hybridized carbons (Fsp3) is 0.217. The van der Waals surface area contributed by atoms with Crippen LogP contribution in [0.1, 0.15) is 19.4 Å². The summed E-state index contributed by atoms with van der Waals surface area (Å²) in [5.74, 6) is 0.135. The standard InChI is InChI=1S/C23H25N5O3S/c1-4-13-24-23-27(21(16-32-23)17-7-10-19(11-8-17)28(30)31)25-15-18-9-12-20(14-22(18)29)26(5-2)6-3/h4,7-12,14-16,29H,1,5-6,13H2,2-3H3. The van der Waals surface area contributed by atoms with Gasteiger partial charge in [-0.1, -0.05) is 6.08 Å². The number of anilines is 1. The maximum Gasteiger partial charge on any atom is 0.269 e. The Morgan fingerprint density at radius 3 is 2.53 bits per heavy atom. The van der Waals surface area contributed by atoms with E-state index in [1.807, 2.05) is 17.5 Å². The number of rotatable bonds is 9. The maximum atomic E-state index is 11.0. The molecule has 2 aromatic carbocycles. The van der Waals surface area contributed by atoms with Crippen LogP contribution in [0.5, 0.6) is 5.75 Å². The van der Waals surface area contributed by atoms with Crippen LogP contribution < -0.4 is 9.70 Å². The minimum Gasteiger partial charge on any atom is -0.507 e. The molecule has 9 heteroatoms. The molecule has 0 aliphatic rings. The van der Waals surface area contributed by atoms with Crippen LogP contribution >= 0.6 is 11.3 Å². The monoisotopic (exact) mass is 451 g/mol. The predicted octanol–water partition coefficient (Wildman–Crippen LogP) is 4.65. The molecular formula is C23H25N5O3S. The molecule has 0 unspecified atom stereocenters. The summed E-state index contributed by atoms with van der Waals surface area (Å²) in [4.78, 5) is 17.8. The van der Waals surface area contributed by atoms with E-state index in [1.165, 1.54) is 23.5 Å². The van der Waals surface area contributed by atoms with Crippen molar-refractivity contribution in [3.8, 4) is 17.0 Å². The lowest BCUT2D eigenvalue weighted by Gasteiger charge is -2.21. The van der Waals surface area contributed by atoms with Gasteiger partial charge in [0, 0.05) is 53.5 Å². The van der Waals surface area contributed by atoms with Crippen molar-refractivity contribution in [2.75, 3.05) is 24.5 Å². The lowest BCUT2D eigenvalue weighted by atomic mass is 10.1. The van der Waals surface area contributed by atoms with Crippen LogP contribution in [0.4, 0.5) is 11.4 Å². The van der Waals surface area contributed by atoms with Crippen LogP contribution in [0.3, 0.4) is 0 Å². The molecule has 0 radical (unpaired) electrons. The Kier molecular flexibility index (Phi) is 7.56. The highest BCUT2D eigenvalue weighted by atomic mass is 32.1. The smallest absolute Gasteiger partial charge is 0.269 e. The van der Waals surface area contributed by atoms with Gasteiger partial charge in [-0.15, -0.1) is 17.9 Å². The van der Waals surface area contributed by atoms with Gasteiger partial charge in [-0.2, -0.15) is 5.10 Å². The van der Waals surface area contributed by atoms with Crippen molar-refractivity contribution >= 4 is 28.9 Å². The molecule has 0 aliphatic heterocycles. The lowest BCUT2D eigenvalue weighted by Crippen LogP contribution is -2.21. The summed E-state index contributed by atoms with van der Waals surface area (Å²) in [5.41, 5.74) is 3.05. The number of non-ortho nitro benzene ring substituents is 1. The van der Waals surface area contributed by atoms with Crippen molar-refractivity contribution in [1.82, 2.24) is 4.68 Å². The summed E-state index contributed by atoms with van der Waals surface area (Å²) in [6.45, 7) is 9.96. The van der Waals surface area contributed by atoms with Gasteiger partial charge < -0.3 is 10.0 Å². The van der Waals surface area contributed by atoms with Crippen molar-refractivity contribution in [1.29, 1.82) is 0 Å². The number of aromatic hydroxyl groups is 1. The molecule has 8 nitrogen and oxygen atoms in total. The van der Waals surface area contributed by atoms with Crippen LogP contribution in [0.25, 0.3) is 11.3 Å². The fourth-order valence-electron chi connectivity index (χ4n) is 3.16. The molecule has 3 aromatic rings. The van der Waals surface area contributed by atoms with E-state index in [0.717, 1.165) is 30.0 Å². The summed E-state index contributed by atoms with van der Waals surface area (Å²) < 4.78 is 1.66. The number of aromatic nitrogens is 1. The summed E-state index contributed by atoms with van der Waals surface area (Å²) in [5, 5.41) is 27.9. The maximum absolute atomic E-state index is 11.0. The van der Waals surface area contributed by atoms with Crippen molar-refractivity contribution in [3.05, 3.63) is 81.0 Å². The Morgan fingerprint density at radius 2 is 1.94 bits per heavy atom. The number of thiazole rings is 1. The van der Waals surface area contributed by atoms with E-state index in [-0.39, 0.29) is 11.4 Å². The van der Waals surface area contributed by atoms with Crippen LogP contribution in [-0.4, -0.2) is 40.6 Å². The SMILES string of the molecule is C=CCN=c1scc(-c2ccc([N+](=O)[O-])cc2)n1N=Cc1ccc(N(CC)CC)cc1O. The van der Waals surface area contributed by atoms with Gasteiger partial charge in [0.1, 0.15) is 5.75 Å². The normalized spacial score (nSPS) is 11.8. The fourth-order valence-corrected chi connectivity index (χ4v) is 4.01. The third kappa shape index (κ3) is 5.12. The molecule has 1 aromatic heterocycles. The average Bonchev–Trinajstić information content (AvgIpc) is 3.20. The van der Waals surface area contributed by atoms with E-state index in [0.29, 0.717) is 16.9 Å². The van der Waals surface area contributed by atoms with E-state index in [9.17, 15) is 15.2 Å². The van der Waals surface area contributed by atoms with Gasteiger partial charge in [-0.05, 0) is 38.1 Å². The van der Waals surface area contributed by atoms with Crippen LogP contribution in [0.15, 0.2) is 70.6 Å². The zero-order valence-electron chi connectivity index (χ0n) is 18.0. The number of hydrogen-bond acceptors (Lipinski definition) is 7. The minimum absolute atomic E-state index is 0.0220. The molecule has 3 rings (SSSR count). The Hall–Kier alpha value is -3.72. The molecule has 0 saturated carbocycles. The first kappa shape index (κ1) is 23.0. The van der Waals surface area contributed by atoms with Crippen molar-refractivity contribution < 1.29 is 10.0 Å². The second-order valence-electron chi connectivity index (χ2n) is 6.81. The Bertz CT molecular complexity index is 1190. The first-order valence-electron chi connectivity index (χ1n) is 10.2. The van der Waals surface area contributed by atoms with Crippen LogP contribution in [-0.2, 0) is 0 Å². The van der Waals surface area contributed by atoms with Crippen molar-refractivity contribution in [2.45, 2.75) is 13.8 Å². The molecule has 0 bridgehead atoms. The van der Waals surface area contributed by atoms with Gasteiger partial charge in [0.05, 0.1) is 23.4 Å². The van der Waals surface area contributed by atoms with Crippen molar-refractivity contribution in [2.24, 2.45) is 10.1 Å². The lowest BCUT2D eigenvalue weighted by molar-refractivity contribution is -0.384. The number of phenolic OH excluding ortho intramolecular Hbond substituents is 1. The third-order valence-electron chi connectivity index (χ3n) is 4.87. The second-order valence-corrected chi connectivity index (χ2v) is 7.65. The van der Waals surface area contributed by atoms with Gasteiger partial charge in [0.15, 0.2) is 0 Å². The predicted molar refractivity (Wildman–Crippen MR) is 130 cm³/mol. The summed E-state index contributed by atoms with van der Waals surface area (Å²) in [6.07, 6.45) is 3.27. The topological polar surface area (TPSA) is 96.3 Å². The van der Waals surface area contributed by atoms with E-state index in [1.54, 1.807) is 35.2 Å². The van der Waals surface area contributed by atoms with Gasteiger partial charge >= 0.3 is 0 Å². The molecular weight excluding hydrogens is 426 g/mol. The highest BCUT2D eigenvalue weighted by Crippen LogP contribution is 2.25. The quantitative estimate of drug-likeness (QED) is 0.222. The largest absolute Gasteiger partial charge is 0.507 e. The average molecular weight is 452 g/mol. The van der Waals surface area contributed by atoms with Gasteiger partial charge in [0.2, 0.25) is 4.80 Å². The van der Waals surface area contributed by atoms with E-state index < -0.39 is 4.92 Å². The number of hydrogen-bond donors (Lipinski definition) is 1. The van der Waals surface area contributed by atoms with Gasteiger partial charge in [-0.25, -0.2) is 4.68 Å². The zero-order chi connectivity index (χ0) is 23.1. The number of benzene rings is 2. The first-order chi connectivity index (χ1) is 15.5. The number of phenols is 1.